The van der Waals surface area contributed by atoms with Crippen LogP contribution in [0.5, 0.6) is 0 Å². The van der Waals surface area contributed by atoms with Crippen LogP contribution < -0.4 is 5.32 Å². The van der Waals surface area contributed by atoms with Gasteiger partial charge in [-0.2, -0.15) is 0 Å². The Morgan fingerprint density at radius 3 is 2.63 bits per heavy atom. The van der Waals surface area contributed by atoms with E-state index in [1.165, 1.54) is 26.4 Å². The molecule has 1 aromatic rings. The number of carbonyl (C=O) groups excluding carboxylic acids is 1. The lowest BCUT2D eigenvalue weighted by atomic mass is 10.1. The second kappa shape index (κ2) is 9.14. The molecule has 0 aliphatic heterocycles. The number of benzene rings is 1. The second-order valence-corrected chi connectivity index (χ2v) is 4.36. The van der Waals surface area contributed by atoms with Crippen molar-refractivity contribution in [2.24, 2.45) is 5.16 Å². The maximum atomic E-state index is 11.8. The summed E-state index contributed by atoms with van der Waals surface area (Å²) < 4.78 is 0. The Bertz CT molecular complexity index is 399. The fourth-order valence-electron chi connectivity index (χ4n) is 1.69. The van der Waals surface area contributed by atoms with E-state index in [1.54, 1.807) is 18.3 Å². The van der Waals surface area contributed by atoms with Crippen molar-refractivity contribution in [3.05, 3.63) is 35.4 Å². The summed E-state index contributed by atoms with van der Waals surface area (Å²) in [6.45, 7) is 2.92. The average Bonchev–Trinajstić information content (AvgIpc) is 2.45. The molecule has 0 aliphatic carbocycles. The topological polar surface area (TPSA) is 50.7 Å². The molecule has 1 N–H and O–H groups in total. The van der Waals surface area contributed by atoms with Gasteiger partial charge in [0, 0.05) is 12.1 Å². The van der Waals surface area contributed by atoms with E-state index in [4.69, 9.17) is 0 Å². The maximum absolute atomic E-state index is 11.8. The zero-order valence-corrected chi connectivity index (χ0v) is 11.7. The molecule has 0 aliphatic rings. The monoisotopic (exact) mass is 262 g/mol. The molecular weight excluding hydrogens is 240 g/mol. The summed E-state index contributed by atoms with van der Waals surface area (Å²) in [6.07, 6.45) is 6.25. The minimum Gasteiger partial charge on any atom is -0.399 e. The van der Waals surface area contributed by atoms with Gasteiger partial charge < -0.3 is 10.2 Å². The van der Waals surface area contributed by atoms with Gasteiger partial charge in [-0.15, -0.1) is 0 Å². The van der Waals surface area contributed by atoms with Crippen molar-refractivity contribution in [3.8, 4) is 0 Å². The fraction of sp³-hybridized carbons (Fsp3) is 0.467. The molecule has 0 heterocycles. The van der Waals surface area contributed by atoms with Crippen LogP contribution in [-0.2, 0) is 4.84 Å². The lowest BCUT2D eigenvalue weighted by molar-refractivity contribution is 0.0953. The zero-order chi connectivity index (χ0) is 13.9. The van der Waals surface area contributed by atoms with Gasteiger partial charge in [0.1, 0.15) is 7.11 Å². The molecule has 1 amide bonds. The summed E-state index contributed by atoms with van der Waals surface area (Å²) in [5.74, 6) is -0.0215. The Kier molecular flexibility index (Phi) is 7.32. The molecule has 1 aromatic carbocycles. The van der Waals surface area contributed by atoms with Gasteiger partial charge in [-0.25, -0.2) is 0 Å². The van der Waals surface area contributed by atoms with Gasteiger partial charge in [-0.05, 0) is 24.1 Å². The van der Waals surface area contributed by atoms with Crippen LogP contribution in [0.1, 0.15) is 48.5 Å². The Hall–Kier alpha value is -1.84. The van der Waals surface area contributed by atoms with Crippen LogP contribution in [0.3, 0.4) is 0 Å². The Labute approximate surface area is 114 Å². The molecule has 0 saturated carbocycles. The van der Waals surface area contributed by atoms with E-state index in [9.17, 15) is 4.79 Å². The van der Waals surface area contributed by atoms with Crippen LogP contribution >= 0.6 is 0 Å². The number of hydrogen-bond acceptors (Lipinski definition) is 3. The summed E-state index contributed by atoms with van der Waals surface area (Å²) in [5, 5.41) is 6.59. The second-order valence-electron chi connectivity index (χ2n) is 4.36. The van der Waals surface area contributed by atoms with Crippen molar-refractivity contribution < 1.29 is 9.63 Å². The summed E-state index contributed by atoms with van der Waals surface area (Å²) >= 11 is 0. The van der Waals surface area contributed by atoms with E-state index in [-0.39, 0.29) is 5.91 Å². The van der Waals surface area contributed by atoms with E-state index in [0.717, 1.165) is 18.5 Å². The first kappa shape index (κ1) is 15.2. The SMILES string of the molecule is CCCCCCNC(=O)c1ccc(/C=N/OC)cc1. The fourth-order valence-corrected chi connectivity index (χ4v) is 1.69. The van der Waals surface area contributed by atoms with Crippen molar-refractivity contribution in [2.75, 3.05) is 13.7 Å². The molecule has 1 rings (SSSR count). The predicted molar refractivity (Wildman–Crippen MR) is 77.5 cm³/mol. The van der Waals surface area contributed by atoms with Crippen LogP contribution in [0, 0.1) is 0 Å². The number of nitrogens with one attached hydrogen (secondary N) is 1. The van der Waals surface area contributed by atoms with Crippen LogP contribution in [0.25, 0.3) is 0 Å². The normalized spacial score (nSPS) is 10.6. The van der Waals surface area contributed by atoms with E-state index < -0.39 is 0 Å². The molecule has 0 aromatic heterocycles. The van der Waals surface area contributed by atoms with Gasteiger partial charge in [0.05, 0.1) is 6.21 Å². The summed E-state index contributed by atoms with van der Waals surface area (Å²) in [7, 11) is 1.50. The van der Waals surface area contributed by atoms with Crippen molar-refractivity contribution in [1.82, 2.24) is 5.32 Å². The van der Waals surface area contributed by atoms with Gasteiger partial charge in [0.25, 0.3) is 5.91 Å². The van der Waals surface area contributed by atoms with Gasteiger partial charge in [-0.3, -0.25) is 4.79 Å². The van der Waals surface area contributed by atoms with Crippen molar-refractivity contribution in [3.63, 3.8) is 0 Å². The first-order chi connectivity index (χ1) is 9.27. The standard InChI is InChI=1S/C15H22N2O2/c1-3-4-5-6-11-16-15(18)14-9-7-13(8-10-14)12-17-19-2/h7-10,12H,3-6,11H2,1-2H3,(H,16,18)/b17-12+. The smallest absolute Gasteiger partial charge is 0.251 e. The van der Waals surface area contributed by atoms with E-state index >= 15 is 0 Å². The number of oxime groups is 1. The van der Waals surface area contributed by atoms with Crippen LogP contribution in [0.15, 0.2) is 29.4 Å². The quantitative estimate of drug-likeness (QED) is 0.445. The van der Waals surface area contributed by atoms with Crippen molar-refractivity contribution >= 4 is 12.1 Å². The third-order valence-corrected chi connectivity index (χ3v) is 2.80. The molecule has 0 atom stereocenters. The third-order valence-electron chi connectivity index (χ3n) is 2.80. The molecule has 19 heavy (non-hydrogen) atoms. The molecule has 4 nitrogen and oxygen atoms in total. The highest BCUT2D eigenvalue weighted by molar-refractivity contribution is 5.94. The predicted octanol–water partition coefficient (Wildman–Crippen LogP) is 2.98. The molecule has 104 valence electrons. The third kappa shape index (κ3) is 6.04. The molecule has 0 unspecified atom stereocenters. The van der Waals surface area contributed by atoms with Gasteiger partial charge in [0.15, 0.2) is 0 Å². The summed E-state index contributed by atoms with van der Waals surface area (Å²) in [4.78, 5) is 16.4. The first-order valence-corrected chi connectivity index (χ1v) is 6.72. The maximum Gasteiger partial charge on any atom is 0.251 e. The highest BCUT2D eigenvalue weighted by Crippen LogP contribution is 2.03. The van der Waals surface area contributed by atoms with Gasteiger partial charge in [0.2, 0.25) is 0 Å². The lowest BCUT2D eigenvalue weighted by Gasteiger charge is -2.05. The molecule has 0 saturated heterocycles. The Balaban J connectivity index is 2.38. The van der Waals surface area contributed by atoms with E-state index in [2.05, 4.69) is 22.2 Å². The molecule has 0 radical (unpaired) electrons. The lowest BCUT2D eigenvalue weighted by Crippen LogP contribution is -2.24. The average molecular weight is 262 g/mol. The number of hydrogen-bond donors (Lipinski definition) is 1. The highest BCUT2D eigenvalue weighted by Gasteiger charge is 2.03. The van der Waals surface area contributed by atoms with Crippen LogP contribution in [0.2, 0.25) is 0 Å². The largest absolute Gasteiger partial charge is 0.399 e. The molecule has 4 heteroatoms. The van der Waals surface area contributed by atoms with Crippen molar-refractivity contribution in [2.45, 2.75) is 32.6 Å². The van der Waals surface area contributed by atoms with E-state index in [1.807, 2.05) is 12.1 Å². The number of nitrogens with zero attached hydrogens (tertiary/aromatic N) is 1. The first-order valence-electron chi connectivity index (χ1n) is 6.72. The molecule has 0 bridgehead atoms. The summed E-state index contributed by atoms with van der Waals surface area (Å²) in [6, 6.07) is 7.26. The van der Waals surface area contributed by atoms with Crippen molar-refractivity contribution in [1.29, 1.82) is 0 Å². The number of amides is 1. The number of carbonyl (C=O) groups is 1. The summed E-state index contributed by atoms with van der Waals surface area (Å²) in [5.41, 5.74) is 1.58. The van der Waals surface area contributed by atoms with Crippen LogP contribution in [-0.4, -0.2) is 25.8 Å². The number of unbranched alkanes of at least 4 members (excludes halogenated alkanes) is 3. The van der Waals surface area contributed by atoms with Gasteiger partial charge >= 0.3 is 0 Å². The van der Waals surface area contributed by atoms with E-state index in [0.29, 0.717) is 5.56 Å². The molecule has 0 fully saturated rings. The minimum absolute atomic E-state index is 0.0215. The number of rotatable bonds is 8. The Morgan fingerprint density at radius 1 is 1.26 bits per heavy atom. The minimum atomic E-state index is -0.0215. The van der Waals surface area contributed by atoms with Crippen LogP contribution in [0.4, 0.5) is 0 Å². The Morgan fingerprint density at radius 2 is 2.00 bits per heavy atom. The molecule has 0 spiro atoms. The van der Waals surface area contributed by atoms with Gasteiger partial charge in [-0.1, -0.05) is 43.5 Å². The zero-order valence-electron chi connectivity index (χ0n) is 11.7. The molecular formula is C15H22N2O2. The highest BCUT2D eigenvalue weighted by atomic mass is 16.6.